The van der Waals surface area contributed by atoms with E-state index in [9.17, 15) is 4.79 Å². The van der Waals surface area contributed by atoms with Crippen molar-refractivity contribution in [2.45, 2.75) is 59.9 Å². The molecule has 2 atom stereocenters. The highest BCUT2D eigenvalue weighted by Gasteiger charge is 2.25. The number of nitrogens with one attached hydrogen (secondary N) is 1. The first kappa shape index (κ1) is 15.4. The van der Waals surface area contributed by atoms with Gasteiger partial charge in [0.1, 0.15) is 0 Å². The van der Waals surface area contributed by atoms with E-state index in [2.05, 4.69) is 39.9 Å². The minimum atomic E-state index is 0.0739. The molecule has 16 heavy (non-hydrogen) atoms. The standard InChI is InChI=1S/C13H28N2O/c1-6-10(2)9-12(16)15-11(7-8-14)13(3,4)5/h10-11H,6-9,14H2,1-5H3,(H,15,16). The van der Waals surface area contributed by atoms with Crippen LogP contribution in [0.4, 0.5) is 0 Å². The average Bonchev–Trinajstić information content (AvgIpc) is 2.15. The van der Waals surface area contributed by atoms with Gasteiger partial charge in [-0.25, -0.2) is 0 Å². The van der Waals surface area contributed by atoms with Crippen molar-refractivity contribution in [1.29, 1.82) is 0 Å². The Balaban J connectivity index is 4.24. The fourth-order valence-electron chi connectivity index (χ4n) is 1.60. The Kier molecular flexibility index (Phi) is 6.65. The normalized spacial score (nSPS) is 15.6. The van der Waals surface area contributed by atoms with E-state index in [0.29, 0.717) is 18.9 Å². The molecule has 0 aliphatic carbocycles. The van der Waals surface area contributed by atoms with Crippen molar-refractivity contribution in [2.75, 3.05) is 6.54 Å². The van der Waals surface area contributed by atoms with Crippen molar-refractivity contribution in [2.24, 2.45) is 17.1 Å². The third-order valence-corrected chi connectivity index (χ3v) is 3.07. The summed E-state index contributed by atoms with van der Waals surface area (Å²) in [4.78, 5) is 11.8. The molecule has 0 radical (unpaired) electrons. The number of amides is 1. The maximum absolute atomic E-state index is 11.8. The fourth-order valence-corrected chi connectivity index (χ4v) is 1.60. The molecule has 0 saturated carbocycles. The second-order valence-corrected chi connectivity index (χ2v) is 5.78. The molecule has 96 valence electrons. The molecule has 3 heteroatoms. The molecule has 0 spiro atoms. The van der Waals surface area contributed by atoms with Gasteiger partial charge in [-0.3, -0.25) is 4.79 Å². The number of rotatable bonds is 6. The van der Waals surface area contributed by atoms with Crippen LogP contribution in [0.2, 0.25) is 0 Å². The molecule has 0 fully saturated rings. The Morgan fingerprint density at radius 3 is 2.31 bits per heavy atom. The smallest absolute Gasteiger partial charge is 0.220 e. The van der Waals surface area contributed by atoms with E-state index in [1.807, 2.05) is 0 Å². The molecule has 0 aromatic carbocycles. The van der Waals surface area contributed by atoms with E-state index in [1.165, 1.54) is 0 Å². The summed E-state index contributed by atoms with van der Waals surface area (Å²) in [7, 11) is 0. The first-order valence-electron chi connectivity index (χ1n) is 6.30. The lowest BCUT2D eigenvalue weighted by Crippen LogP contribution is -2.45. The molecular formula is C13H28N2O. The topological polar surface area (TPSA) is 55.1 Å². The maximum Gasteiger partial charge on any atom is 0.220 e. The molecule has 0 aromatic heterocycles. The summed E-state index contributed by atoms with van der Waals surface area (Å²) in [6, 6.07) is 0.175. The molecule has 2 unspecified atom stereocenters. The van der Waals surface area contributed by atoms with Crippen LogP contribution >= 0.6 is 0 Å². The fraction of sp³-hybridized carbons (Fsp3) is 0.923. The van der Waals surface area contributed by atoms with Crippen molar-refractivity contribution < 1.29 is 4.79 Å². The van der Waals surface area contributed by atoms with Crippen molar-refractivity contribution in [3.05, 3.63) is 0 Å². The van der Waals surface area contributed by atoms with Crippen molar-refractivity contribution in [1.82, 2.24) is 5.32 Å². The predicted molar refractivity (Wildman–Crippen MR) is 69.1 cm³/mol. The average molecular weight is 228 g/mol. The number of hydrogen-bond donors (Lipinski definition) is 2. The molecule has 0 aromatic rings. The molecule has 3 nitrogen and oxygen atoms in total. The first-order valence-corrected chi connectivity index (χ1v) is 6.30. The van der Waals surface area contributed by atoms with Crippen molar-refractivity contribution in [3.8, 4) is 0 Å². The quantitative estimate of drug-likeness (QED) is 0.733. The van der Waals surface area contributed by atoms with E-state index >= 15 is 0 Å². The third-order valence-electron chi connectivity index (χ3n) is 3.07. The lowest BCUT2D eigenvalue weighted by atomic mass is 9.84. The highest BCUT2D eigenvalue weighted by Crippen LogP contribution is 2.21. The maximum atomic E-state index is 11.8. The van der Waals surface area contributed by atoms with Gasteiger partial charge in [-0.05, 0) is 24.3 Å². The van der Waals surface area contributed by atoms with Gasteiger partial charge in [0.2, 0.25) is 5.91 Å². The molecular weight excluding hydrogens is 200 g/mol. The van der Waals surface area contributed by atoms with Crippen LogP contribution in [0.15, 0.2) is 0 Å². The SMILES string of the molecule is CCC(C)CC(=O)NC(CCN)C(C)(C)C. The van der Waals surface area contributed by atoms with Crippen molar-refractivity contribution in [3.63, 3.8) is 0 Å². The van der Waals surface area contributed by atoms with Gasteiger partial charge in [0.15, 0.2) is 0 Å². The van der Waals surface area contributed by atoms with Gasteiger partial charge in [-0.1, -0.05) is 41.0 Å². The minimum absolute atomic E-state index is 0.0739. The monoisotopic (exact) mass is 228 g/mol. The van der Waals surface area contributed by atoms with Gasteiger partial charge >= 0.3 is 0 Å². The highest BCUT2D eigenvalue weighted by atomic mass is 16.1. The first-order chi connectivity index (χ1) is 7.31. The van der Waals surface area contributed by atoms with Gasteiger partial charge in [0, 0.05) is 12.5 Å². The summed E-state index contributed by atoms with van der Waals surface area (Å²) in [6.07, 6.45) is 2.51. The van der Waals surface area contributed by atoms with Crippen LogP contribution < -0.4 is 11.1 Å². The summed E-state index contributed by atoms with van der Waals surface area (Å²) in [5.74, 6) is 0.612. The number of hydrogen-bond acceptors (Lipinski definition) is 2. The number of carbonyl (C=O) groups excluding carboxylic acids is 1. The van der Waals surface area contributed by atoms with Crippen LogP contribution in [0.1, 0.15) is 53.9 Å². The van der Waals surface area contributed by atoms with E-state index in [0.717, 1.165) is 12.8 Å². The second-order valence-electron chi connectivity index (χ2n) is 5.78. The molecule has 0 rings (SSSR count). The molecule has 1 amide bonds. The molecule has 0 heterocycles. The Morgan fingerprint density at radius 1 is 1.38 bits per heavy atom. The summed E-state index contributed by atoms with van der Waals surface area (Å²) >= 11 is 0. The summed E-state index contributed by atoms with van der Waals surface area (Å²) in [5.41, 5.74) is 5.65. The molecule has 3 N–H and O–H groups in total. The molecule has 0 aliphatic rings. The van der Waals surface area contributed by atoms with Crippen LogP contribution in [-0.4, -0.2) is 18.5 Å². The van der Waals surface area contributed by atoms with Gasteiger partial charge < -0.3 is 11.1 Å². The third kappa shape index (κ3) is 6.11. The van der Waals surface area contributed by atoms with Gasteiger partial charge in [-0.2, -0.15) is 0 Å². The lowest BCUT2D eigenvalue weighted by molar-refractivity contribution is -0.123. The van der Waals surface area contributed by atoms with Crippen molar-refractivity contribution >= 4 is 5.91 Å². The van der Waals surface area contributed by atoms with Crippen LogP contribution in [-0.2, 0) is 4.79 Å². The van der Waals surface area contributed by atoms with E-state index in [4.69, 9.17) is 5.73 Å². The zero-order valence-electron chi connectivity index (χ0n) is 11.5. The summed E-state index contributed by atoms with van der Waals surface area (Å²) in [5, 5.41) is 3.10. The van der Waals surface area contributed by atoms with Gasteiger partial charge in [0.25, 0.3) is 0 Å². The van der Waals surface area contributed by atoms with Crippen LogP contribution in [0, 0.1) is 11.3 Å². The largest absolute Gasteiger partial charge is 0.353 e. The van der Waals surface area contributed by atoms with Gasteiger partial charge in [-0.15, -0.1) is 0 Å². The molecule has 0 aliphatic heterocycles. The zero-order valence-corrected chi connectivity index (χ0v) is 11.5. The lowest BCUT2D eigenvalue weighted by Gasteiger charge is -2.31. The van der Waals surface area contributed by atoms with Crippen LogP contribution in [0.25, 0.3) is 0 Å². The summed E-state index contributed by atoms with van der Waals surface area (Å²) in [6.45, 7) is 11.2. The Morgan fingerprint density at radius 2 is 1.94 bits per heavy atom. The van der Waals surface area contributed by atoms with Crippen LogP contribution in [0.3, 0.4) is 0 Å². The highest BCUT2D eigenvalue weighted by molar-refractivity contribution is 5.76. The Bertz CT molecular complexity index is 208. The van der Waals surface area contributed by atoms with E-state index < -0.39 is 0 Å². The number of carbonyl (C=O) groups is 1. The minimum Gasteiger partial charge on any atom is -0.353 e. The van der Waals surface area contributed by atoms with E-state index in [-0.39, 0.29) is 17.4 Å². The molecule has 0 saturated heterocycles. The Hall–Kier alpha value is -0.570. The second kappa shape index (κ2) is 6.89. The molecule has 0 bridgehead atoms. The van der Waals surface area contributed by atoms with Gasteiger partial charge in [0.05, 0.1) is 0 Å². The summed E-state index contributed by atoms with van der Waals surface area (Å²) < 4.78 is 0. The zero-order chi connectivity index (χ0) is 12.8. The predicted octanol–water partition coefficient (Wildman–Crippen LogP) is 2.30. The Labute approximate surface area is 100 Å². The van der Waals surface area contributed by atoms with E-state index in [1.54, 1.807) is 0 Å². The van der Waals surface area contributed by atoms with Crippen LogP contribution in [0.5, 0.6) is 0 Å². The number of nitrogens with two attached hydrogens (primary N) is 1.